The van der Waals surface area contributed by atoms with Gasteiger partial charge in [-0.05, 0) is 71.2 Å². The SMILES string of the molecule is OCCC1CCCCN1CCCN1CCCC1. The standard InChI is InChI=1S/C14H28N2O/c17-13-7-14-6-1-2-11-16(14)12-5-10-15-8-3-4-9-15/h14,17H,1-13H2. The molecule has 0 bridgehead atoms. The van der Waals surface area contributed by atoms with Crippen LogP contribution in [-0.4, -0.2) is 60.3 Å². The molecule has 17 heavy (non-hydrogen) atoms. The molecule has 0 saturated carbocycles. The third-order valence-electron chi connectivity index (χ3n) is 4.33. The topological polar surface area (TPSA) is 26.7 Å². The number of aliphatic hydroxyl groups excluding tert-OH is 1. The number of piperidine rings is 1. The van der Waals surface area contributed by atoms with E-state index < -0.39 is 0 Å². The monoisotopic (exact) mass is 240 g/mol. The van der Waals surface area contributed by atoms with Crippen LogP contribution in [0.3, 0.4) is 0 Å². The Morgan fingerprint density at radius 2 is 1.71 bits per heavy atom. The molecule has 2 aliphatic heterocycles. The van der Waals surface area contributed by atoms with Crippen molar-refractivity contribution in [2.45, 2.75) is 51.0 Å². The van der Waals surface area contributed by atoms with E-state index in [0.717, 1.165) is 6.42 Å². The molecule has 2 rings (SSSR count). The average molecular weight is 240 g/mol. The van der Waals surface area contributed by atoms with E-state index in [1.54, 1.807) is 0 Å². The van der Waals surface area contributed by atoms with E-state index in [1.807, 2.05) is 0 Å². The molecular weight excluding hydrogens is 212 g/mol. The van der Waals surface area contributed by atoms with Crippen molar-refractivity contribution in [2.75, 3.05) is 39.3 Å². The molecule has 0 aliphatic carbocycles. The molecule has 0 spiro atoms. The van der Waals surface area contributed by atoms with Crippen LogP contribution < -0.4 is 0 Å². The van der Waals surface area contributed by atoms with Crippen molar-refractivity contribution in [1.29, 1.82) is 0 Å². The lowest BCUT2D eigenvalue weighted by Gasteiger charge is -2.35. The highest BCUT2D eigenvalue weighted by Crippen LogP contribution is 2.19. The minimum absolute atomic E-state index is 0.354. The largest absolute Gasteiger partial charge is 0.396 e. The summed E-state index contributed by atoms with van der Waals surface area (Å²) in [6.45, 7) is 6.77. The first-order chi connectivity index (χ1) is 8.40. The normalized spacial score (nSPS) is 27.7. The maximum atomic E-state index is 9.10. The molecule has 2 saturated heterocycles. The fourth-order valence-corrected chi connectivity index (χ4v) is 3.33. The van der Waals surface area contributed by atoms with Crippen LogP contribution in [0, 0.1) is 0 Å². The summed E-state index contributed by atoms with van der Waals surface area (Å²) in [5, 5.41) is 9.10. The first kappa shape index (κ1) is 13.3. The molecule has 3 heteroatoms. The van der Waals surface area contributed by atoms with Crippen LogP contribution in [0.5, 0.6) is 0 Å². The van der Waals surface area contributed by atoms with Crippen molar-refractivity contribution in [3.8, 4) is 0 Å². The van der Waals surface area contributed by atoms with Gasteiger partial charge in [0.05, 0.1) is 0 Å². The predicted molar refractivity (Wildman–Crippen MR) is 71.2 cm³/mol. The third-order valence-corrected chi connectivity index (χ3v) is 4.33. The molecule has 2 aliphatic rings. The van der Waals surface area contributed by atoms with E-state index in [1.165, 1.54) is 71.2 Å². The average Bonchev–Trinajstić information content (AvgIpc) is 2.85. The predicted octanol–water partition coefficient (Wildman–Crippen LogP) is 1.71. The van der Waals surface area contributed by atoms with Gasteiger partial charge in [-0.1, -0.05) is 6.42 Å². The Morgan fingerprint density at radius 3 is 2.47 bits per heavy atom. The van der Waals surface area contributed by atoms with Crippen molar-refractivity contribution >= 4 is 0 Å². The first-order valence-electron chi connectivity index (χ1n) is 7.47. The maximum Gasteiger partial charge on any atom is 0.0445 e. The van der Waals surface area contributed by atoms with Crippen LogP contribution >= 0.6 is 0 Å². The summed E-state index contributed by atoms with van der Waals surface area (Å²) in [4.78, 5) is 5.22. The van der Waals surface area contributed by atoms with Gasteiger partial charge in [0.25, 0.3) is 0 Å². The third kappa shape index (κ3) is 4.23. The Balaban J connectivity index is 1.64. The second kappa shape index (κ2) is 7.34. The highest BCUT2D eigenvalue weighted by atomic mass is 16.3. The summed E-state index contributed by atoms with van der Waals surface area (Å²) in [6.07, 6.45) is 9.09. The number of hydrogen-bond acceptors (Lipinski definition) is 3. The molecule has 1 atom stereocenters. The Morgan fingerprint density at radius 1 is 0.941 bits per heavy atom. The van der Waals surface area contributed by atoms with Crippen LogP contribution in [0.15, 0.2) is 0 Å². The highest BCUT2D eigenvalue weighted by Gasteiger charge is 2.21. The minimum Gasteiger partial charge on any atom is -0.396 e. The Labute approximate surface area is 106 Å². The molecule has 0 aromatic heterocycles. The van der Waals surface area contributed by atoms with Gasteiger partial charge in [0.15, 0.2) is 0 Å². The minimum atomic E-state index is 0.354. The summed E-state index contributed by atoms with van der Waals surface area (Å²) in [6, 6.07) is 0.660. The zero-order valence-corrected chi connectivity index (χ0v) is 11.1. The molecular formula is C14H28N2O. The second-order valence-electron chi connectivity index (χ2n) is 5.60. The second-order valence-corrected chi connectivity index (χ2v) is 5.60. The van der Waals surface area contributed by atoms with Gasteiger partial charge in [0.2, 0.25) is 0 Å². The fraction of sp³-hybridized carbons (Fsp3) is 1.00. The number of aliphatic hydroxyl groups is 1. The van der Waals surface area contributed by atoms with Gasteiger partial charge < -0.3 is 14.9 Å². The van der Waals surface area contributed by atoms with Gasteiger partial charge in [-0.3, -0.25) is 0 Å². The lowest BCUT2D eigenvalue weighted by Crippen LogP contribution is -2.41. The molecule has 2 fully saturated rings. The van der Waals surface area contributed by atoms with Gasteiger partial charge in [0.1, 0.15) is 0 Å². The summed E-state index contributed by atoms with van der Waals surface area (Å²) in [5.41, 5.74) is 0. The van der Waals surface area contributed by atoms with Crippen molar-refractivity contribution in [3.63, 3.8) is 0 Å². The van der Waals surface area contributed by atoms with Crippen LogP contribution in [0.25, 0.3) is 0 Å². The summed E-state index contributed by atoms with van der Waals surface area (Å²) >= 11 is 0. The van der Waals surface area contributed by atoms with Gasteiger partial charge >= 0.3 is 0 Å². The van der Waals surface area contributed by atoms with E-state index in [-0.39, 0.29) is 0 Å². The summed E-state index contributed by atoms with van der Waals surface area (Å²) < 4.78 is 0. The molecule has 0 amide bonds. The lowest BCUT2D eigenvalue weighted by atomic mass is 9.99. The Kier molecular flexibility index (Phi) is 5.75. The molecule has 0 aromatic carbocycles. The molecule has 1 unspecified atom stereocenters. The van der Waals surface area contributed by atoms with Crippen molar-refractivity contribution in [2.24, 2.45) is 0 Å². The van der Waals surface area contributed by atoms with Gasteiger partial charge in [-0.25, -0.2) is 0 Å². The van der Waals surface area contributed by atoms with Crippen molar-refractivity contribution in [3.05, 3.63) is 0 Å². The van der Waals surface area contributed by atoms with E-state index in [0.29, 0.717) is 12.6 Å². The molecule has 2 heterocycles. The number of nitrogens with zero attached hydrogens (tertiary/aromatic N) is 2. The zero-order chi connectivity index (χ0) is 11.9. The molecule has 0 radical (unpaired) electrons. The summed E-state index contributed by atoms with van der Waals surface area (Å²) in [5.74, 6) is 0. The van der Waals surface area contributed by atoms with Crippen LogP contribution in [0.2, 0.25) is 0 Å². The molecule has 1 N–H and O–H groups in total. The van der Waals surface area contributed by atoms with Crippen molar-refractivity contribution < 1.29 is 5.11 Å². The lowest BCUT2D eigenvalue weighted by molar-refractivity contribution is 0.114. The Bertz CT molecular complexity index is 202. The Hall–Kier alpha value is -0.120. The van der Waals surface area contributed by atoms with Gasteiger partial charge in [-0.2, -0.15) is 0 Å². The van der Waals surface area contributed by atoms with E-state index >= 15 is 0 Å². The quantitative estimate of drug-likeness (QED) is 0.765. The van der Waals surface area contributed by atoms with E-state index in [9.17, 15) is 0 Å². The number of likely N-dealkylation sites (tertiary alicyclic amines) is 2. The van der Waals surface area contributed by atoms with Crippen LogP contribution in [0.4, 0.5) is 0 Å². The number of rotatable bonds is 6. The molecule has 100 valence electrons. The highest BCUT2D eigenvalue weighted by molar-refractivity contribution is 4.77. The zero-order valence-electron chi connectivity index (χ0n) is 11.1. The smallest absolute Gasteiger partial charge is 0.0445 e. The fourth-order valence-electron chi connectivity index (χ4n) is 3.33. The van der Waals surface area contributed by atoms with Gasteiger partial charge in [0, 0.05) is 12.6 Å². The molecule has 3 nitrogen and oxygen atoms in total. The maximum absolute atomic E-state index is 9.10. The van der Waals surface area contributed by atoms with Crippen molar-refractivity contribution in [1.82, 2.24) is 9.80 Å². The first-order valence-corrected chi connectivity index (χ1v) is 7.47. The van der Waals surface area contributed by atoms with Crippen LogP contribution in [-0.2, 0) is 0 Å². The van der Waals surface area contributed by atoms with Gasteiger partial charge in [-0.15, -0.1) is 0 Å². The van der Waals surface area contributed by atoms with Crippen LogP contribution in [0.1, 0.15) is 44.9 Å². The van der Waals surface area contributed by atoms with E-state index in [4.69, 9.17) is 5.11 Å². The molecule has 0 aromatic rings. The summed E-state index contributed by atoms with van der Waals surface area (Å²) in [7, 11) is 0. The van der Waals surface area contributed by atoms with E-state index in [2.05, 4.69) is 9.80 Å². The number of hydrogen-bond donors (Lipinski definition) is 1.